The van der Waals surface area contributed by atoms with E-state index in [0.29, 0.717) is 10.8 Å². The Kier molecular flexibility index (Phi) is 4.04. The van der Waals surface area contributed by atoms with Crippen molar-refractivity contribution in [2.24, 2.45) is 0 Å². The molecular formula is C12H13FN4O2S. The first-order valence-corrected chi connectivity index (χ1v) is 6.45. The predicted molar refractivity (Wildman–Crippen MR) is 77.0 cm³/mol. The second-order valence-electron chi connectivity index (χ2n) is 3.79. The first-order chi connectivity index (χ1) is 9.55. The number of carbonyl (C=O) groups excluding carboxylic acids is 1. The van der Waals surface area contributed by atoms with Crippen molar-refractivity contribution >= 4 is 33.9 Å². The highest BCUT2D eigenvalue weighted by Crippen LogP contribution is 2.26. The summed E-state index contributed by atoms with van der Waals surface area (Å²) in [5.41, 5.74) is 6.07. The van der Waals surface area contributed by atoms with Gasteiger partial charge in [-0.2, -0.15) is 0 Å². The number of benzene rings is 1. The van der Waals surface area contributed by atoms with Crippen LogP contribution in [0.4, 0.5) is 21.0 Å². The monoisotopic (exact) mass is 296 g/mol. The topological polar surface area (TPSA) is 89.3 Å². The molecule has 6 nitrogen and oxygen atoms in total. The molecule has 0 aliphatic carbocycles. The number of ether oxygens (including phenoxy) is 1. The van der Waals surface area contributed by atoms with Gasteiger partial charge in [-0.25, -0.2) is 9.37 Å². The van der Waals surface area contributed by atoms with Gasteiger partial charge in [-0.1, -0.05) is 11.3 Å². The summed E-state index contributed by atoms with van der Waals surface area (Å²) in [4.78, 5) is 16.3. The van der Waals surface area contributed by atoms with E-state index in [1.807, 2.05) is 0 Å². The second-order valence-corrected chi connectivity index (χ2v) is 4.79. The van der Waals surface area contributed by atoms with Crippen molar-refractivity contribution in [3.63, 3.8) is 0 Å². The SMILES string of the molecule is CNc1nc(N)c(C(=O)Nc2ccc(F)c(OC)c2)s1. The molecule has 0 unspecified atom stereocenters. The van der Waals surface area contributed by atoms with Crippen molar-refractivity contribution in [3.8, 4) is 5.75 Å². The van der Waals surface area contributed by atoms with E-state index >= 15 is 0 Å². The Morgan fingerprint density at radius 3 is 2.85 bits per heavy atom. The molecule has 8 heteroatoms. The third kappa shape index (κ3) is 2.80. The number of nitrogen functional groups attached to an aromatic ring is 1. The zero-order valence-electron chi connectivity index (χ0n) is 10.9. The number of methoxy groups -OCH3 is 1. The van der Waals surface area contributed by atoms with Crippen molar-refractivity contribution in [2.45, 2.75) is 0 Å². The maximum Gasteiger partial charge on any atom is 0.269 e. The summed E-state index contributed by atoms with van der Waals surface area (Å²) in [7, 11) is 3.04. The molecule has 0 bridgehead atoms. The van der Waals surface area contributed by atoms with Crippen molar-refractivity contribution in [1.29, 1.82) is 0 Å². The number of rotatable bonds is 4. The molecule has 0 radical (unpaired) electrons. The maximum atomic E-state index is 13.3. The number of nitrogens with two attached hydrogens (primary N) is 1. The zero-order valence-corrected chi connectivity index (χ0v) is 11.7. The molecule has 0 saturated heterocycles. The van der Waals surface area contributed by atoms with E-state index in [1.165, 1.54) is 25.3 Å². The average molecular weight is 296 g/mol. The number of aromatic nitrogens is 1. The number of thiazole rings is 1. The van der Waals surface area contributed by atoms with Gasteiger partial charge in [-0.05, 0) is 12.1 Å². The van der Waals surface area contributed by atoms with Gasteiger partial charge in [0.1, 0.15) is 10.7 Å². The first-order valence-electron chi connectivity index (χ1n) is 5.64. The van der Waals surface area contributed by atoms with Crippen LogP contribution in [0.5, 0.6) is 5.75 Å². The lowest BCUT2D eigenvalue weighted by Gasteiger charge is -2.07. The van der Waals surface area contributed by atoms with Crippen LogP contribution >= 0.6 is 11.3 Å². The molecule has 0 fully saturated rings. The van der Waals surface area contributed by atoms with E-state index in [9.17, 15) is 9.18 Å². The minimum atomic E-state index is -0.500. The molecule has 1 heterocycles. The highest BCUT2D eigenvalue weighted by Gasteiger charge is 2.16. The maximum absolute atomic E-state index is 13.3. The van der Waals surface area contributed by atoms with Crippen LogP contribution in [0.1, 0.15) is 9.67 Å². The standard InChI is InChI=1S/C12H13FN4O2S/c1-15-12-17-10(14)9(20-12)11(18)16-6-3-4-7(13)8(5-6)19-2/h3-5H,14H2,1-2H3,(H,15,17)(H,16,18). The number of nitrogens with one attached hydrogen (secondary N) is 2. The Hall–Kier alpha value is -2.35. The van der Waals surface area contributed by atoms with Crippen LogP contribution in [0, 0.1) is 5.82 Å². The molecular weight excluding hydrogens is 283 g/mol. The Bertz CT molecular complexity index is 644. The summed E-state index contributed by atoms with van der Waals surface area (Å²) >= 11 is 1.14. The van der Waals surface area contributed by atoms with Gasteiger partial charge in [0.25, 0.3) is 5.91 Å². The van der Waals surface area contributed by atoms with Crippen LogP contribution in [0.25, 0.3) is 0 Å². The fourth-order valence-electron chi connectivity index (χ4n) is 1.53. The second kappa shape index (κ2) is 5.74. The zero-order chi connectivity index (χ0) is 14.7. The Balaban J connectivity index is 2.20. The predicted octanol–water partition coefficient (Wildman–Crippen LogP) is 2.17. The number of hydrogen-bond acceptors (Lipinski definition) is 6. The van der Waals surface area contributed by atoms with E-state index in [1.54, 1.807) is 7.05 Å². The smallest absolute Gasteiger partial charge is 0.269 e. The molecule has 4 N–H and O–H groups in total. The van der Waals surface area contributed by atoms with Crippen LogP contribution in [-0.2, 0) is 0 Å². The quantitative estimate of drug-likeness (QED) is 0.804. The average Bonchev–Trinajstić information content (AvgIpc) is 2.82. The lowest BCUT2D eigenvalue weighted by molar-refractivity contribution is 0.103. The lowest BCUT2D eigenvalue weighted by Crippen LogP contribution is -2.12. The molecule has 0 aliphatic heterocycles. The van der Waals surface area contributed by atoms with E-state index in [0.717, 1.165) is 11.3 Å². The van der Waals surface area contributed by atoms with Crippen LogP contribution in [0.15, 0.2) is 18.2 Å². The number of nitrogens with zero attached hydrogens (tertiary/aromatic N) is 1. The van der Waals surface area contributed by atoms with Gasteiger partial charge in [0, 0.05) is 18.8 Å². The summed E-state index contributed by atoms with van der Waals surface area (Å²) in [5.74, 6) is -0.711. The summed E-state index contributed by atoms with van der Waals surface area (Å²) < 4.78 is 18.1. The first kappa shape index (κ1) is 14.1. The largest absolute Gasteiger partial charge is 0.494 e. The van der Waals surface area contributed by atoms with Gasteiger partial charge in [-0.3, -0.25) is 4.79 Å². The number of halogens is 1. The molecule has 2 rings (SSSR count). The highest BCUT2D eigenvalue weighted by molar-refractivity contribution is 7.18. The van der Waals surface area contributed by atoms with Gasteiger partial charge in [0.05, 0.1) is 7.11 Å². The summed E-state index contributed by atoms with van der Waals surface area (Å²) in [5, 5.41) is 5.97. The molecule has 106 valence electrons. The Morgan fingerprint density at radius 1 is 1.50 bits per heavy atom. The molecule has 0 spiro atoms. The number of hydrogen-bond donors (Lipinski definition) is 3. The Labute approximate surface area is 118 Å². The fraction of sp³-hybridized carbons (Fsp3) is 0.167. The lowest BCUT2D eigenvalue weighted by atomic mass is 10.3. The normalized spacial score (nSPS) is 10.2. The van der Waals surface area contributed by atoms with Crippen LogP contribution < -0.4 is 21.1 Å². The fourth-order valence-corrected chi connectivity index (χ4v) is 2.26. The summed E-state index contributed by atoms with van der Waals surface area (Å²) in [6.07, 6.45) is 0. The molecule has 2 aromatic rings. The van der Waals surface area contributed by atoms with Gasteiger partial charge in [-0.15, -0.1) is 0 Å². The van der Waals surface area contributed by atoms with Crippen LogP contribution in [-0.4, -0.2) is 25.0 Å². The molecule has 0 saturated carbocycles. The van der Waals surface area contributed by atoms with Crippen molar-refractivity contribution in [1.82, 2.24) is 4.98 Å². The number of anilines is 3. The van der Waals surface area contributed by atoms with Crippen LogP contribution in [0.2, 0.25) is 0 Å². The van der Waals surface area contributed by atoms with E-state index in [4.69, 9.17) is 10.5 Å². The molecule has 20 heavy (non-hydrogen) atoms. The molecule has 1 aromatic heterocycles. The van der Waals surface area contributed by atoms with Gasteiger partial charge < -0.3 is 21.1 Å². The van der Waals surface area contributed by atoms with Gasteiger partial charge in [0.2, 0.25) is 0 Å². The molecule has 0 atom stereocenters. The Morgan fingerprint density at radius 2 is 2.25 bits per heavy atom. The van der Waals surface area contributed by atoms with Gasteiger partial charge in [0.15, 0.2) is 16.7 Å². The summed E-state index contributed by atoms with van der Waals surface area (Å²) in [6.45, 7) is 0. The van der Waals surface area contributed by atoms with E-state index in [-0.39, 0.29) is 16.4 Å². The minimum Gasteiger partial charge on any atom is -0.494 e. The summed E-state index contributed by atoms with van der Waals surface area (Å²) in [6, 6.07) is 4.04. The third-order valence-electron chi connectivity index (χ3n) is 2.48. The highest BCUT2D eigenvalue weighted by atomic mass is 32.1. The van der Waals surface area contributed by atoms with E-state index < -0.39 is 11.7 Å². The number of amides is 1. The van der Waals surface area contributed by atoms with E-state index in [2.05, 4.69) is 15.6 Å². The van der Waals surface area contributed by atoms with Crippen molar-refractivity contribution in [2.75, 3.05) is 30.5 Å². The third-order valence-corrected chi connectivity index (χ3v) is 3.57. The molecule has 1 amide bonds. The van der Waals surface area contributed by atoms with Gasteiger partial charge >= 0.3 is 0 Å². The van der Waals surface area contributed by atoms with Crippen LogP contribution in [0.3, 0.4) is 0 Å². The van der Waals surface area contributed by atoms with Crippen molar-refractivity contribution in [3.05, 3.63) is 28.9 Å². The van der Waals surface area contributed by atoms with Crippen molar-refractivity contribution < 1.29 is 13.9 Å². The minimum absolute atomic E-state index is 0.0518. The molecule has 1 aromatic carbocycles. The molecule has 0 aliphatic rings. The number of carbonyl (C=O) groups is 1.